The van der Waals surface area contributed by atoms with Gasteiger partial charge >= 0.3 is 6.01 Å². The minimum absolute atomic E-state index is 0.154. The number of nitrogens with zero attached hydrogens (tertiary/aromatic N) is 4. The molecule has 1 atom stereocenters. The normalized spacial score (nSPS) is 11.7. The Bertz CT molecular complexity index is 960. The van der Waals surface area contributed by atoms with Crippen molar-refractivity contribution < 1.29 is 18.2 Å². The van der Waals surface area contributed by atoms with E-state index in [9.17, 15) is 8.76 Å². The molecule has 2 heterocycles. The Morgan fingerprint density at radius 1 is 0.964 bits per heavy atom. The molecule has 146 valence electrons. The van der Waals surface area contributed by atoms with Gasteiger partial charge in [0, 0.05) is 16.9 Å². The molecule has 9 nitrogen and oxygen atoms in total. The predicted molar refractivity (Wildman–Crippen MR) is 110 cm³/mol. The zero-order valence-corrected chi connectivity index (χ0v) is 18.1. The van der Waals surface area contributed by atoms with Gasteiger partial charge in [-0.1, -0.05) is 28.1 Å². The van der Waals surface area contributed by atoms with Crippen LogP contribution in [0.4, 0.5) is 5.82 Å². The van der Waals surface area contributed by atoms with Gasteiger partial charge in [0.05, 0.1) is 10.0 Å². The van der Waals surface area contributed by atoms with Crippen LogP contribution in [0, 0.1) is 0 Å². The van der Waals surface area contributed by atoms with Crippen LogP contribution in [0.2, 0.25) is 0 Å². The molecule has 2 N–H and O–H groups in total. The first kappa shape index (κ1) is 20.6. The maximum atomic E-state index is 11.2. The fourth-order valence-corrected chi connectivity index (χ4v) is 2.95. The largest absolute Gasteiger partial charge is 0.473 e. The maximum Gasteiger partial charge on any atom is 0.316 e. The second-order valence-electron chi connectivity index (χ2n) is 5.14. The first-order valence-corrected chi connectivity index (χ1v) is 10.4. The van der Waals surface area contributed by atoms with Gasteiger partial charge in [0.25, 0.3) is 11.3 Å². The summed E-state index contributed by atoms with van der Waals surface area (Å²) in [5.74, 6) is 0.413. The summed E-state index contributed by atoms with van der Waals surface area (Å²) in [6.07, 6.45) is 4.39. The summed E-state index contributed by atoms with van der Waals surface area (Å²) in [6, 6.07) is 7.51. The van der Waals surface area contributed by atoms with Crippen LogP contribution in [-0.4, -0.2) is 41.9 Å². The molecule has 3 aromatic rings. The quantitative estimate of drug-likeness (QED) is 0.335. The Labute approximate surface area is 179 Å². The summed E-state index contributed by atoms with van der Waals surface area (Å²) < 4.78 is 35.5. The van der Waals surface area contributed by atoms with Crippen molar-refractivity contribution >= 4 is 48.9 Å². The van der Waals surface area contributed by atoms with Gasteiger partial charge in [-0.25, -0.2) is 24.1 Å². The number of rotatable bonds is 8. The number of ether oxygens (including phenoxy) is 2. The van der Waals surface area contributed by atoms with Crippen molar-refractivity contribution in [1.29, 1.82) is 0 Å². The van der Waals surface area contributed by atoms with Gasteiger partial charge in [-0.3, -0.25) is 9.27 Å². The Morgan fingerprint density at radius 3 is 2.32 bits per heavy atom. The van der Waals surface area contributed by atoms with Crippen LogP contribution in [0.25, 0.3) is 11.1 Å². The number of nitrogens with one attached hydrogen (secondary N) is 1. The van der Waals surface area contributed by atoms with Crippen molar-refractivity contribution in [3.8, 4) is 23.0 Å². The lowest BCUT2D eigenvalue weighted by Crippen LogP contribution is -2.13. The van der Waals surface area contributed by atoms with Crippen LogP contribution in [0.5, 0.6) is 11.9 Å². The fraction of sp³-hybridized carbons (Fsp3) is 0.125. The van der Waals surface area contributed by atoms with Gasteiger partial charge < -0.3 is 9.47 Å². The van der Waals surface area contributed by atoms with Gasteiger partial charge in [-0.2, -0.15) is 0 Å². The van der Waals surface area contributed by atoms with Crippen LogP contribution in [0.3, 0.4) is 0 Å². The first-order chi connectivity index (χ1) is 13.5. The third-order valence-electron chi connectivity index (χ3n) is 3.28. The standard InChI is InChI=1S/C16H13Br2N5O4S/c17-11-3-1-10(2-4-11)13-14(23-28(24)25)21-9-22-15(13)26-5-6-27-16-19-7-12(18)8-20-16/h1-4,7-9H,5-6H2,(H,24,25)(H,21,22,23). The third-order valence-corrected chi connectivity index (χ3v) is 4.59. The summed E-state index contributed by atoms with van der Waals surface area (Å²) in [6.45, 7) is 0.335. The molecule has 0 radical (unpaired) electrons. The van der Waals surface area contributed by atoms with Crippen LogP contribution in [0.15, 0.2) is 51.9 Å². The molecule has 0 fully saturated rings. The van der Waals surface area contributed by atoms with E-state index in [0.29, 0.717) is 11.1 Å². The van der Waals surface area contributed by atoms with E-state index in [4.69, 9.17) is 9.47 Å². The smallest absolute Gasteiger partial charge is 0.316 e. The minimum atomic E-state index is -2.30. The van der Waals surface area contributed by atoms with Crippen molar-refractivity contribution in [1.82, 2.24) is 19.9 Å². The lowest BCUT2D eigenvalue weighted by Gasteiger charge is -2.14. The average molecular weight is 531 g/mol. The molecular formula is C16H13Br2N5O4S. The predicted octanol–water partition coefficient (Wildman–Crippen LogP) is 3.47. The van der Waals surface area contributed by atoms with E-state index in [2.05, 4.69) is 56.5 Å². The molecule has 1 unspecified atom stereocenters. The minimum Gasteiger partial charge on any atom is -0.473 e. The van der Waals surface area contributed by atoms with E-state index in [0.717, 1.165) is 8.95 Å². The number of anilines is 1. The van der Waals surface area contributed by atoms with Gasteiger partial charge in [0.2, 0.25) is 5.88 Å². The fourth-order valence-electron chi connectivity index (χ4n) is 2.16. The van der Waals surface area contributed by atoms with Crippen molar-refractivity contribution in [2.75, 3.05) is 17.9 Å². The molecule has 0 saturated carbocycles. The molecule has 12 heteroatoms. The van der Waals surface area contributed by atoms with Gasteiger partial charge in [-0.15, -0.1) is 0 Å². The Kier molecular flexibility index (Phi) is 7.25. The third kappa shape index (κ3) is 5.67. The molecule has 3 rings (SSSR count). The zero-order chi connectivity index (χ0) is 19.9. The van der Waals surface area contributed by atoms with E-state index < -0.39 is 11.3 Å². The Hall–Kier alpha value is -2.15. The number of benzene rings is 1. The number of hydrogen-bond acceptors (Lipinski definition) is 7. The lowest BCUT2D eigenvalue weighted by atomic mass is 10.1. The van der Waals surface area contributed by atoms with Gasteiger partial charge in [0.15, 0.2) is 5.82 Å². The van der Waals surface area contributed by atoms with Crippen LogP contribution in [0.1, 0.15) is 0 Å². The van der Waals surface area contributed by atoms with Crippen molar-refractivity contribution in [2.45, 2.75) is 0 Å². The number of aromatic nitrogens is 4. The highest BCUT2D eigenvalue weighted by Gasteiger charge is 2.16. The monoisotopic (exact) mass is 529 g/mol. The Balaban J connectivity index is 1.76. The van der Waals surface area contributed by atoms with Crippen LogP contribution < -0.4 is 14.2 Å². The van der Waals surface area contributed by atoms with Crippen LogP contribution >= 0.6 is 31.9 Å². The SMILES string of the molecule is O=S(O)Nc1ncnc(OCCOc2ncc(Br)cn2)c1-c1ccc(Br)cc1. The van der Waals surface area contributed by atoms with Crippen LogP contribution in [-0.2, 0) is 11.3 Å². The molecule has 0 saturated heterocycles. The highest BCUT2D eigenvalue weighted by atomic mass is 79.9. The van der Waals surface area contributed by atoms with E-state index >= 15 is 0 Å². The highest BCUT2D eigenvalue weighted by molar-refractivity contribution is 9.10. The molecule has 0 aliphatic rings. The van der Waals surface area contributed by atoms with E-state index in [-0.39, 0.29) is 30.9 Å². The summed E-state index contributed by atoms with van der Waals surface area (Å²) >= 11 is 4.33. The molecular weight excluding hydrogens is 518 g/mol. The zero-order valence-electron chi connectivity index (χ0n) is 14.1. The molecule has 0 spiro atoms. The molecule has 0 aliphatic heterocycles. The molecule has 2 aromatic heterocycles. The Morgan fingerprint density at radius 2 is 1.64 bits per heavy atom. The number of halogens is 2. The average Bonchev–Trinajstić information content (AvgIpc) is 2.67. The molecule has 28 heavy (non-hydrogen) atoms. The van der Waals surface area contributed by atoms with Crippen molar-refractivity contribution in [3.63, 3.8) is 0 Å². The van der Waals surface area contributed by atoms with E-state index in [1.165, 1.54) is 6.33 Å². The van der Waals surface area contributed by atoms with Gasteiger partial charge in [0.1, 0.15) is 19.5 Å². The highest BCUT2D eigenvalue weighted by Crippen LogP contribution is 2.34. The lowest BCUT2D eigenvalue weighted by molar-refractivity contribution is 0.202. The second-order valence-corrected chi connectivity index (χ2v) is 7.68. The summed E-state index contributed by atoms with van der Waals surface area (Å²) in [4.78, 5) is 16.2. The first-order valence-electron chi connectivity index (χ1n) is 7.74. The van der Waals surface area contributed by atoms with Crippen molar-refractivity contribution in [3.05, 3.63) is 51.9 Å². The summed E-state index contributed by atoms with van der Waals surface area (Å²) in [7, 11) is 0. The van der Waals surface area contributed by atoms with Gasteiger partial charge in [-0.05, 0) is 33.6 Å². The topological polar surface area (TPSA) is 119 Å². The summed E-state index contributed by atoms with van der Waals surface area (Å²) in [5.41, 5.74) is 1.17. The van der Waals surface area contributed by atoms with Crippen molar-refractivity contribution in [2.24, 2.45) is 0 Å². The van der Waals surface area contributed by atoms with E-state index in [1.54, 1.807) is 12.4 Å². The molecule has 0 bridgehead atoms. The maximum absolute atomic E-state index is 11.2. The molecule has 1 aromatic carbocycles. The molecule has 0 amide bonds. The molecule has 0 aliphatic carbocycles. The number of hydrogen-bond donors (Lipinski definition) is 2. The second kappa shape index (κ2) is 9.87. The summed E-state index contributed by atoms with van der Waals surface area (Å²) in [5, 5.41) is 0. The van der Waals surface area contributed by atoms with E-state index in [1.807, 2.05) is 24.3 Å².